The number of aromatic hydroxyl groups is 2. The van der Waals surface area contributed by atoms with Crippen LogP contribution in [-0.4, -0.2) is 32.0 Å². The maximum Gasteiger partial charge on any atom is 0.280 e. The highest BCUT2D eigenvalue weighted by Crippen LogP contribution is 2.33. The van der Waals surface area contributed by atoms with Gasteiger partial charge < -0.3 is 10.2 Å². The van der Waals surface area contributed by atoms with E-state index in [-0.39, 0.29) is 17.4 Å². The van der Waals surface area contributed by atoms with E-state index in [1.165, 1.54) is 23.2 Å². The first-order chi connectivity index (χ1) is 9.02. The summed E-state index contributed by atoms with van der Waals surface area (Å²) in [4.78, 5) is 12.5. The number of rotatable bonds is 3. The molecule has 5 nitrogen and oxygen atoms in total. The number of carbonyl (C=O) groups excluding carboxylic acids is 1. The van der Waals surface area contributed by atoms with Crippen LogP contribution in [0.25, 0.3) is 6.08 Å². The monoisotopic (exact) mass is 296 g/mol. The second-order valence-corrected chi connectivity index (χ2v) is 5.45. The van der Waals surface area contributed by atoms with Crippen molar-refractivity contribution in [3.8, 4) is 11.5 Å². The van der Waals surface area contributed by atoms with Gasteiger partial charge in [0.05, 0.1) is 4.91 Å². The van der Waals surface area contributed by atoms with Crippen LogP contribution >= 0.6 is 24.0 Å². The van der Waals surface area contributed by atoms with Crippen molar-refractivity contribution in [2.75, 3.05) is 6.54 Å². The molecule has 2 rings (SSSR count). The van der Waals surface area contributed by atoms with E-state index < -0.39 is 0 Å². The SMILES string of the molecule is CCNN1C(=O)/C(=C\c2ccc(O)cc2O)SC1=S. The number of carbonyl (C=O) groups is 1. The molecule has 1 fully saturated rings. The van der Waals surface area contributed by atoms with Crippen LogP contribution in [-0.2, 0) is 4.79 Å². The molecule has 1 saturated heterocycles. The van der Waals surface area contributed by atoms with Gasteiger partial charge in [-0.15, -0.1) is 0 Å². The second kappa shape index (κ2) is 5.60. The molecule has 1 amide bonds. The molecule has 100 valence electrons. The topological polar surface area (TPSA) is 72.8 Å². The second-order valence-electron chi connectivity index (χ2n) is 3.77. The van der Waals surface area contributed by atoms with Gasteiger partial charge in [0.15, 0.2) is 4.32 Å². The number of nitrogens with zero attached hydrogens (tertiary/aromatic N) is 1. The maximum atomic E-state index is 12.0. The summed E-state index contributed by atoms with van der Waals surface area (Å²) >= 11 is 6.25. The van der Waals surface area contributed by atoms with Gasteiger partial charge in [-0.25, -0.2) is 10.4 Å². The summed E-state index contributed by atoms with van der Waals surface area (Å²) in [5, 5.41) is 20.2. The fraction of sp³-hybridized carbons (Fsp3) is 0.167. The van der Waals surface area contributed by atoms with Crippen LogP contribution in [0, 0.1) is 0 Å². The van der Waals surface area contributed by atoms with Crippen molar-refractivity contribution in [2.24, 2.45) is 0 Å². The van der Waals surface area contributed by atoms with E-state index in [1.807, 2.05) is 6.92 Å². The fourth-order valence-corrected chi connectivity index (χ4v) is 2.77. The maximum absolute atomic E-state index is 12.0. The van der Waals surface area contributed by atoms with Gasteiger partial charge in [0.25, 0.3) is 5.91 Å². The van der Waals surface area contributed by atoms with E-state index in [9.17, 15) is 15.0 Å². The minimum atomic E-state index is -0.246. The molecule has 1 aromatic carbocycles. The molecule has 0 bridgehead atoms. The summed E-state index contributed by atoms with van der Waals surface area (Å²) in [6.45, 7) is 2.46. The number of hydrazine groups is 1. The van der Waals surface area contributed by atoms with Crippen LogP contribution in [0.2, 0.25) is 0 Å². The molecule has 7 heteroatoms. The molecule has 0 unspecified atom stereocenters. The lowest BCUT2D eigenvalue weighted by molar-refractivity contribution is -0.124. The third kappa shape index (κ3) is 2.89. The highest BCUT2D eigenvalue weighted by molar-refractivity contribution is 8.26. The molecule has 0 atom stereocenters. The molecule has 0 saturated carbocycles. The molecule has 0 radical (unpaired) electrons. The van der Waals surface area contributed by atoms with Gasteiger partial charge in [0, 0.05) is 18.2 Å². The quantitative estimate of drug-likeness (QED) is 0.584. The molecule has 0 spiro atoms. The summed E-state index contributed by atoms with van der Waals surface area (Å²) in [7, 11) is 0. The lowest BCUT2D eigenvalue weighted by Crippen LogP contribution is -2.40. The first-order valence-electron chi connectivity index (χ1n) is 5.56. The largest absolute Gasteiger partial charge is 0.508 e. The molecular weight excluding hydrogens is 284 g/mol. The predicted molar refractivity (Wildman–Crippen MR) is 78.5 cm³/mol. The lowest BCUT2D eigenvalue weighted by atomic mass is 10.1. The zero-order valence-electron chi connectivity index (χ0n) is 10.1. The van der Waals surface area contributed by atoms with Gasteiger partial charge in [-0.2, -0.15) is 0 Å². The highest BCUT2D eigenvalue weighted by atomic mass is 32.2. The number of amides is 1. The average molecular weight is 296 g/mol. The fourth-order valence-electron chi connectivity index (χ4n) is 1.56. The van der Waals surface area contributed by atoms with E-state index >= 15 is 0 Å². The van der Waals surface area contributed by atoms with Crippen LogP contribution < -0.4 is 5.43 Å². The number of benzene rings is 1. The van der Waals surface area contributed by atoms with Crippen LogP contribution in [0.4, 0.5) is 0 Å². The number of thiocarbonyl (C=S) groups is 1. The smallest absolute Gasteiger partial charge is 0.280 e. The Kier molecular flexibility index (Phi) is 4.08. The van der Waals surface area contributed by atoms with E-state index in [2.05, 4.69) is 5.43 Å². The third-order valence-electron chi connectivity index (χ3n) is 2.41. The molecule has 1 aromatic rings. The lowest BCUT2D eigenvalue weighted by Gasteiger charge is -2.13. The Balaban J connectivity index is 2.30. The van der Waals surface area contributed by atoms with Gasteiger partial charge in [0.1, 0.15) is 11.5 Å². The van der Waals surface area contributed by atoms with Crippen molar-refractivity contribution < 1.29 is 15.0 Å². The Bertz CT molecular complexity index is 572. The van der Waals surface area contributed by atoms with Crippen molar-refractivity contribution in [3.63, 3.8) is 0 Å². The van der Waals surface area contributed by atoms with E-state index in [0.29, 0.717) is 21.3 Å². The van der Waals surface area contributed by atoms with E-state index in [0.717, 1.165) is 11.8 Å². The van der Waals surface area contributed by atoms with Crippen molar-refractivity contribution in [2.45, 2.75) is 6.92 Å². The van der Waals surface area contributed by atoms with Crippen LogP contribution in [0.3, 0.4) is 0 Å². The van der Waals surface area contributed by atoms with E-state index in [4.69, 9.17) is 12.2 Å². The Morgan fingerprint density at radius 1 is 1.47 bits per heavy atom. The van der Waals surface area contributed by atoms with Crippen LogP contribution in [0.15, 0.2) is 23.1 Å². The molecule has 0 aliphatic carbocycles. The van der Waals surface area contributed by atoms with Gasteiger partial charge in [0.2, 0.25) is 0 Å². The normalized spacial score (nSPS) is 17.5. The molecular formula is C12H12N2O3S2. The molecule has 1 heterocycles. The first kappa shape index (κ1) is 13.9. The van der Waals surface area contributed by atoms with Gasteiger partial charge in [-0.3, -0.25) is 4.79 Å². The predicted octanol–water partition coefficient (Wildman–Crippen LogP) is 1.82. The zero-order chi connectivity index (χ0) is 14.0. The highest BCUT2D eigenvalue weighted by Gasteiger charge is 2.31. The summed E-state index contributed by atoms with van der Waals surface area (Å²) in [6.07, 6.45) is 1.55. The summed E-state index contributed by atoms with van der Waals surface area (Å²) in [5.74, 6) is -0.368. The number of hydrogen-bond acceptors (Lipinski definition) is 6. The minimum Gasteiger partial charge on any atom is -0.508 e. The Morgan fingerprint density at radius 3 is 2.84 bits per heavy atom. The molecule has 0 aromatic heterocycles. The van der Waals surface area contributed by atoms with E-state index in [1.54, 1.807) is 6.08 Å². The molecule has 19 heavy (non-hydrogen) atoms. The van der Waals surface area contributed by atoms with Crippen molar-refractivity contribution in [1.29, 1.82) is 0 Å². The summed E-state index contributed by atoms with van der Waals surface area (Å²) in [5.41, 5.74) is 3.32. The molecule has 1 aliphatic rings. The van der Waals surface area contributed by atoms with Gasteiger partial charge in [-0.1, -0.05) is 30.9 Å². The van der Waals surface area contributed by atoms with Crippen LogP contribution in [0.1, 0.15) is 12.5 Å². The van der Waals surface area contributed by atoms with Crippen molar-refractivity contribution in [1.82, 2.24) is 10.4 Å². The number of phenols is 2. The Labute approximate surface area is 119 Å². The summed E-state index contributed by atoms with van der Waals surface area (Å²) in [6, 6.07) is 4.19. The van der Waals surface area contributed by atoms with Gasteiger partial charge >= 0.3 is 0 Å². The zero-order valence-corrected chi connectivity index (χ0v) is 11.7. The molecule has 3 N–H and O–H groups in total. The van der Waals surface area contributed by atoms with Crippen molar-refractivity contribution in [3.05, 3.63) is 28.7 Å². The van der Waals surface area contributed by atoms with Crippen molar-refractivity contribution >= 4 is 40.3 Å². The Morgan fingerprint density at radius 2 is 2.21 bits per heavy atom. The minimum absolute atomic E-state index is 0.0325. The van der Waals surface area contributed by atoms with Crippen LogP contribution in [0.5, 0.6) is 11.5 Å². The molecule has 1 aliphatic heterocycles. The number of thioether (sulfide) groups is 1. The first-order valence-corrected chi connectivity index (χ1v) is 6.79. The standard InChI is InChI=1S/C12H12N2O3S2/c1-2-13-14-11(17)10(19-12(14)18)5-7-3-4-8(15)6-9(7)16/h3-6,13,15-16H,2H2,1H3/b10-5+. The number of nitrogens with one attached hydrogen (secondary N) is 1. The van der Waals surface area contributed by atoms with Gasteiger partial charge in [-0.05, 0) is 18.2 Å². The number of phenolic OH excluding ortho intramolecular Hbond substituents is 2. The third-order valence-corrected chi connectivity index (χ3v) is 3.71. The average Bonchev–Trinajstić information content (AvgIpc) is 2.61. The number of hydrogen-bond donors (Lipinski definition) is 3. The Hall–Kier alpha value is -1.57. The summed E-state index contributed by atoms with van der Waals surface area (Å²) < 4.78 is 0.427.